The average Bonchev–Trinajstić information content (AvgIpc) is 2.89. The Labute approximate surface area is 155 Å². The number of carboxylic acids is 1. The Morgan fingerprint density at radius 3 is 2.58 bits per heavy atom. The summed E-state index contributed by atoms with van der Waals surface area (Å²) in [5.41, 5.74) is -0.264. The second kappa shape index (κ2) is 5.54. The van der Waals surface area contributed by atoms with E-state index in [9.17, 15) is 19.8 Å². The van der Waals surface area contributed by atoms with Gasteiger partial charge in [0, 0.05) is 11.8 Å². The minimum Gasteiger partial charge on any atom is -0.481 e. The van der Waals surface area contributed by atoms with Gasteiger partial charge in [-0.3, -0.25) is 9.59 Å². The van der Waals surface area contributed by atoms with Gasteiger partial charge in [0.15, 0.2) is 5.78 Å². The molecule has 0 saturated heterocycles. The van der Waals surface area contributed by atoms with E-state index in [0.717, 1.165) is 31.3 Å². The van der Waals surface area contributed by atoms with E-state index in [1.807, 2.05) is 13.0 Å². The number of allylic oxidation sites excluding steroid dienone is 3. The van der Waals surface area contributed by atoms with Gasteiger partial charge >= 0.3 is 5.97 Å². The number of rotatable bonds is 2. The molecule has 4 aliphatic carbocycles. The van der Waals surface area contributed by atoms with Gasteiger partial charge in [-0.05, 0) is 66.9 Å². The van der Waals surface area contributed by atoms with Crippen LogP contribution in [-0.4, -0.2) is 28.1 Å². The van der Waals surface area contributed by atoms with E-state index >= 15 is 0 Å². The van der Waals surface area contributed by atoms with Crippen LogP contribution in [0.15, 0.2) is 23.8 Å². The molecule has 0 aromatic rings. The second-order valence-electron chi connectivity index (χ2n) is 9.45. The number of ketones is 1. The zero-order valence-corrected chi connectivity index (χ0v) is 16.0. The molecule has 4 aliphatic rings. The molecule has 0 amide bonds. The summed E-state index contributed by atoms with van der Waals surface area (Å²) < 4.78 is 0. The third kappa shape index (κ3) is 1.94. The van der Waals surface area contributed by atoms with Crippen molar-refractivity contribution < 1.29 is 19.8 Å². The van der Waals surface area contributed by atoms with Crippen LogP contribution in [0.25, 0.3) is 0 Å². The molecule has 0 bridgehead atoms. The first-order valence-corrected chi connectivity index (χ1v) is 10.1. The number of fused-ring (bicyclic) bond motifs is 5. The first kappa shape index (κ1) is 18.0. The zero-order chi connectivity index (χ0) is 18.9. The molecule has 4 heteroatoms. The number of carbonyl (C=O) groups excluding carboxylic acids is 1. The van der Waals surface area contributed by atoms with E-state index < -0.39 is 22.9 Å². The molecule has 0 radical (unpaired) electrons. The van der Waals surface area contributed by atoms with E-state index in [1.165, 1.54) is 0 Å². The van der Waals surface area contributed by atoms with Crippen LogP contribution in [0.3, 0.4) is 0 Å². The highest BCUT2D eigenvalue weighted by Crippen LogP contribution is 2.69. The van der Waals surface area contributed by atoms with Crippen LogP contribution < -0.4 is 0 Å². The van der Waals surface area contributed by atoms with E-state index in [2.05, 4.69) is 19.9 Å². The van der Waals surface area contributed by atoms with Crippen molar-refractivity contribution in [2.24, 2.45) is 34.0 Å². The molecule has 0 aliphatic heterocycles. The molecule has 2 N–H and O–H groups in total. The smallest absolute Gasteiger partial charge is 0.310 e. The summed E-state index contributed by atoms with van der Waals surface area (Å²) in [6, 6.07) is 0. The minimum absolute atomic E-state index is 0.00506. The van der Waals surface area contributed by atoms with Crippen LogP contribution in [0.1, 0.15) is 59.3 Å². The fourth-order valence-corrected chi connectivity index (χ4v) is 7.27. The van der Waals surface area contributed by atoms with Crippen LogP contribution in [0.2, 0.25) is 0 Å². The molecule has 2 saturated carbocycles. The maximum Gasteiger partial charge on any atom is 0.310 e. The van der Waals surface area contributed by atoms with Gasteiger partial charge in [-0.15, -0.1) is 0 Å². The Hall–Kier alpha value is -1.42. The predicted molar refractivity (Wildman–Crippen MR) is 98.4 cm³/mol. The lowest BCUT2D eigenvalue weighted by molar-refractivity contribution is -0.163. The van der Waals surface area contributed by atoms with Gasteiger partial charge in [-0.25, -0.2) is 0 Å². The van der Waals surface area contributed by atoms with E-state index in [1.54, 1.807) is 6.08 Å². The maximum absolute atomic E-state index is 12.2. The number of hydrogen-bond acceptors (Lipinski definition) is 3. The summed E-state index contributed by atoms with van der Waals surface area (Å²) in [6.45, 7) is 6.32. The minimum atomic E-state index is -0.645. The van der Waals surface area contributed by atoms with Crippen LogP contribution in [0, 0.1) is 34.0 Å². The molecule has 2 fully saturated rings. The third-order valence-electron chi connectivity index (χ3n) is 9.00. The van der Waals surface area contributed by atoms with E-state index in [-0.39, 0.29) is 29.5 Å². The van der Waals surface area contributed by atoms with Gasteiger partial charge in [0.2, 0.25) is 0 Å². The first-order valence-electron chi connectivity index (χ1n) is 10.1. The fourth-order valence-electron chi connectivity index (χ4n) is 7.27. The SMILES string of the molecule is CC[C@]1(C(=O)O)CC[C@H]2[C@@H]3C=CC4=CC(=O)CC(O)[C@]4(C)[C@H]3CC[C@@]21C. The quantitative estimate of drug-likeness (QED) is 0.788. The Balaban J connectivity index is 1.78. The number of carbonyl (C=O) groups is 2. The standard InChI is InChI=1S/C22H30O4/c1-4-22(19(25)26)10-8-16-15-6-5-13-11-14(23)12-18(24)21(13,3)17(15)7-9-20(16,22)2/h5-6,11,15-18,24H,4,7-10,12H2,1-3H3,(H,25,26)/t15-,16-,17-,18?,20-,21-,22+/m0/s1. The molecule has 1 unspecified atom stereocenters. The third-order valence-corrected chi connectivity index (χ3v) is 9.00. The Morgan fingerprint density at radius 2 is 1.92 bits per heavy atom. The molecule has 4 rings (SSSR count). The van der Waals surface area contributed by atoms with Gasteiger partial charge in [0.05, 0.1) is 11.5 Å². The summed E-state index contributed by atoms with van der Waals surface area (Å²) in [5, 5.41) is 20.9. The van der Waals surface area contributed by atoms with Crippen molar-refractivity contribution >= 4 is 11.8 Å². The fraction of sp³-hybridized carbons (Fsp3) is 0.727. The Bertz CT molecular complexity index is 722. The van der Waals surface area contributed by atoms with Gasteiger partial charge < -0.3 is 10.2 Å². The van der Waals surface area contributed by atoms with Crippen molar-refractivity contribution in [2.45, 2.75) is 65.4 Å². The van der Waals surface area contributed by atoms with Crippen molar-refractivity contribution in [3.63, 3.8) is 0 Å². The van der Waals surface area contributed by atoms with Crippen molar-refractivity contribution in [1.82, 2.24) is 0 Å². The Morgan fingerprint density at radius 1 is 1.23 bits per heavy atom. The summed E-state index contributed by atoms with van der Waals surface area (Å²) in [4.78, 5) is 24.2. The topological polar surface area (TPSA) is 74.6 Å². The maximum atomic E-state index is 12.2. The molecule has 0 spiro atoms. The van der Waals surface area contributed by atoms with Crippen molar-refractivity contribution in [2.75, 3.05) is 0 Å². The summed E-state index contributed by atoms with van der Waals surface area (Å²) in [5.74, 6) is 0.258. The second-order valence-corrected chi connectivity index (χ2v) is 9.45. The highest BCUT2D eigenvalue weighted by Gasteiger charge is 2.66. The van der Waals surface area contributed by atoms with Crippen LogP contribution >= 0.6 is 0 Å². The molecule has 26 heavy (non-hydrogen) atoms. The van der Waals surface area contributed by atoms with Gasteiger partial charge in [0.1, 0.15) is 0 Å². The van der Waals surface area contributed by atoms with E-state index in [4.69, 9.17) is 0 Å². The highest BCUT2D eigenvalue weighted by molar-refractivity contribution is 5.93. The summed E-state index contributed by atoms with van der Waals surface area (Å²) >= 11 is 0. The molecule has 4 nitrogen and oxygen atoms in total. The lowest BCUT2D eigenvalue weighted by Crippen LogP contribution is -2.56. The summed E-state index contributed by atoms with van der Waals surface area (Å²) in [6.07, 6.45) is 9.70. The molecule has 0 heterocycles. The van der Waals surface area contributed by atoms with Crippen LogP contribution in [0.4, 0.5) is 0 Å². The molecule has 7 atom stereocenters. The number of aliphatic hydroxyl groups is 1. The summed E-state index contributed by atoms with van der Waals surface area (Å²) in [7, 11) is 0. The lowest BCUT2D eigenvalue weighted by Gasteiger charge is -2.58. The number of carboxylic acid groups (broad SMARTS) is 1. The number of hydrogen-bond donors (Lipinski definition) is 2. The molecular weight excluding hydrogens is 328 g/mol. The number of aliphatic hydroxyl groups excluding tert-OH is 1. The Kier molecular flexibility index (Phi) is 3.83. The molecule has 0 aromatic carbocycles. The molecule has 142 valence electrons. The first-order chi connectivity index (χ1) is 12.2. The van der Waals surface area contributed by atoms with Gasteiger partial charge in [0.25, 0.3) is 0 Å². The monoisotopic (exact) mass is 358 g/mol. The predicted octanol–water partition coefficient (Wildman–Crippen LogP) is 3.75. The van der Waals surface area contributed by atoms with Crippen LogP contribution in [-0.2, 0) is 9.59 Å². The van der Waals surface area contributed by atoms with Crippen molar-refractivity contribution in [3.8, 4) is 0 Å². The van der Waals surface area contributed by atoms with Crippen LogP contribution in [0.5, 0.6) is 0 Å². The highest BCUT2D eigenvalue weighted by atomic mass is 16.4. The zero-order valence-electron chi connectivity index (χ0n) is 16.0. The molecule has 0 aromatic heterocycles. The van der Waals surface area contributed by atoms with Crippen molar-refractivity contribution in [3.05, 3.63) is 23.8 Å². The largest absolute Gasteiger partial charge is 0.481 e. The lowest BCUT2D eigenvalue weighted by atomic mass is 9.46. The molecular formula is C22H30O4. The average molecular weight is 358 g/mol. The van der Waals surface area contributed by atoms with Gasteiger partial charge in [-0.2, -0.15) is 0 Å². The van der Waals surface area contributed by atoms with E-state index in [0.29, 0.717) is 12.3 Å². The van der Waals surface area contributed by atoms with Crippen molar-refractivity contribution in [1.29, 1.82) is 0 Å². The number of aliphatic carboxylic acids is 1. The van der Waals surface area contributed by atoms with Gasteiger partial charge in [-0.1, -0.05) is 32.9 Å². The normalized spacial score (nSPS) is 49.8.